The molecule has 5 nitrogen and oxygen atoms in total. The molecule has 9 heavy (non-hydrogen) atoms. The third-order valence-corrected chi connectivity index (χ3v) is 0.843. The summed E-state index contributed by atoms with van der Waals surface area (Å²) in [7, 11) is 1.42. The molecule has 0 aliphatic heterocycles. The van der Waals surface area contributed by atoms with Crippen LogP contribution in [0.4, 0.5) is 4.79 Å². The molecule has 54 valence electrons. The van der Waals surface area contributed by atoms with Gasteiger partial charge >= 0.3 is 6.03 Å². The van der Waals surface area contributed by atoms with E-state index in [1.54, 1.807) is 0 Å². The molecule has 5 heteroatoms. The molecule has 0 aliphatic rings. The fourth-order valence-electron chi connectivity index (χ4n) is 0.331. The Balaban J connectivity index is 3.64. The van der Waals surface area contributed by atoms with Crippen molar-refractivity contribution in [2.75, 3.05) is 20.5 Å². The van der Waals surface area contributed by atoms with Gasteiger partial charge in [-0.25, -0.2) is 4.79 Å². The number of aliphatic hydroxyl groups excluding tert-OH is 2. The molecular formula is C4H10N2O3. The lowest BCUT2D eigenvalue weighted by Crippen LogP contribution is -2.39. The Bertz CT molecular complexity index is 91.8. The molecule has 0 aromatic carbocycles. The van der Waals surface area contributed by atoms with E-state index in [9.17, 15) is 4.79 Å². The minimum absolute atomic E-state index is 0.476. The van der Waals surface area contributed by atoms with Crippen LogP contribution in [0.15, 0.2) is 0 Å². The minimum atomic E-state index is -0.500. The Labute approximate surface area is 52.9 Å². The number of nitrogens with one attached hydrogen (secondary N) is 1. The van der Waals surface area contributed by atoms with Crippen LogP contribution >= 0.6 is 0 Å². The number of hydrogen-bond donors (Lipinski definition) is 3. The zero-order chi connectivity index (χ0) is 7.28. The van der Waals surface area contributed by atoms with Crippen molar-refractivity contribution in [1.29, 1.82) is 0 Å². The van der Waals surface area contributed by atoms with Gasteiger partial charge in [-0.15, -0.1) is 0 Å². The van der Waals surface area contributed by atoms with Crippen LogP contribution in [0.2, 0.25) is 0 Å². The summed E-state index contributed by atoms with van der Waals surface area (Å²) in [4.78, 5) is 11.3. The molecule has 2 amide bonds. The van der Waals surface area contributed by atoms with Crippen LogP contribution in [0.25, 0.3) is 0 Å². The number of hydrogen-bond acceptors (Lipinski definition) is 3. The molecule has 0 fully saturated rings. The number of aliphatic hydroxyl groups is 2. The van der Waals surface area contributed by atoms with Crippen LogP contribution in [-0.2, 0) is 0 Å². The highest BCUT2D eigenvalue weighted by atomic mass is 16.3. The lowest BCUT2D eigenvalue weighted by atomic mass is 10.8. The number of carbonyl (C=O) groups is 1. The van der Waals surface area contributed by atoms with E-state index in [1.807, 2.05) is 0 Å². The van der Waals surface area contributed by atoms with E-state index in [1.165, 1.54) is 7.05 Å². The number of nitrogens with zero attached hydrogens (tertiary/aromatic N) is 1. The fraction of sp³-hybridized carbons (Fsp3) is 0.750. The molecule has 0 saturated heterocycles. The van der Waals surface area contributed by atoms with Gasteiger partial charge in [0.2, 0.25) is 0 Å². The Morgan fingerprint density at radius 3 is 2.11 bits per heavy atom. The molecule has 0 spiro atoms. The minimum Gasteiger partial charge on any atom is -0.376 e. The Morgan fingerprint density at radius 2 is 2.00 bits per heavy atom. The highest BCUT2D eigenvalue weighted by molar-refractivity contribution is 5.73. The zero-order valence-electron chi connectivity index (χ0n) is 5.16. The maximum atomic E-state index is 10.5. The second-order valence-electron chi connectivity index (χ2n) is 1.38. The second-order valence-corrected chi connectivity index (χ2v) is 1.38. The number of rotatable bonds is 2. The largest absolute Gasteiger partial charge is 0.376 e. The van der Waals surface area contributed by atoms with Gasteiger partial charge < -0.3 is 15.5 Å². The summed E-state index contributed by atoms with van der Waals surface area (Å²) in [6.07, 6.45) is 0. The molecule has 0 rings (SSSR count). The quantitative estimate of drug-likeness (QED) is 0.403. The Hall–Kier alpha value is -0.810. The predicted octanol–water partition coefficient (Wildman–Crippen LogP) is -1.47. The van der Waals surface area contributed by atoms with Crippen molar-refractivity contribution in [3.63, 3.8) is 0 Å². The van der Waals surface area contributed by atoms with Crippen molar-refractivity contribution < 1.29 is 15.0 Å². The third kappa shape index (κ3) is 2.29. The lowest BCUT2D eigenvalue weighted by molar-refractivity contribution is 0.0577. The van der Waals surface area contributed by atoms with Crippen LogP contribution in [-0.4, -0.2) is 41.7 Å². The van der Waals surface area contributed by atoms with Gasteiger partial charge in [0.25, 0.3) is 0 Å². The topological polar surface area (TPSA) is 72.8 Å². The summed E-state index contributed by atoms with van der Waals surface area (Å²) in [5.74, 6) is 0. The van der Waals surface area contributed by atoms with Crippen molar-refractivity contribution in [2.24, 2.45) is 0 Å². The molecule has 0 aromatic heterocycles. The third-order valence-electron chi connectivity index (χ3n) is 0.843. The molecular weight excluding hydrogens is 124 g/mol. The van der Waals surface area contributed by atoms with E-state index >= 15 is 0 Å². The maximum Gasteiger partial charge on any atom is 0.320 e. The van der Waals surface area contributed by atoms with Crippen molar-refractivity contribution in [2.45, 2.75) is 0 Å². The van der Waals surface area contributed by atoms with E-state index in [2.05, 4.69) is 5.32 Å². The van der Waals surface area contributed by atoms with Crippen LogP contribution in [0, 0.1) is 0 Å². The first-order valence-corrected chi connectivity index (χ1v) is 2.44. The molecule has 0 radical (unpaired) electrons. The van der Waals surface area contributed by atoms with Crippen LogP contribution < -0.4 is 5.32 Å². The average Bonchev–Trinajstić information content (AvgIpc) is 1.90. The Morgan fingerprint density at radius 1 is 1.56 bits per heavy atom. The van der Waals surface area contributed by atoms with E-state index in [4.69, 9.17) is 10.2 Å². The molecule has 0 aliphatic carbocycles. The van der Waals surface area contributed by atoms with Gasteiger partial charge in [-0.05, 0) is 0 Å². The summed E-state index contributed by atoms with van der Waals surface area (Å²) in [6.45, 7) is -0.952. The first kappa shape index (κ1) is 8.19. The van der Waals surface area contributed by atoms with Crippen LogP contribution in [0.3, 0.4) is 0 Å². The van der Waals surface area contributed by atoms with Crippen LogP contribution in [0.1, 0.15) is 0 Å². The highest BCUT2D eigenvalue weighted by Gasteiger charge is 2.06. The molecule has 3 N–H and O–H groups in total. The Kier molecular flexibility index (Phi) is 3.74. The molecule has 0 saturated carbocycles. The van der Waals surface area contributed by atoms with Gasteiger partial charge in [-0.2, -0.15) is 0 Å². The van der Waals surface area contributed by atoms with E-state index in [-0.39, 0.29) is 0 Å². The smallest absolute Gasteiger partial charge is 0.320 e. The molecule has 0 unspecified atom stereocenters. The standard InChI is InChI=1S/C4H10N2O3/c1-5-4(9)6(2-7)3-8/h7-8H,2-3H2,1H3,(H,5,9). The molecule has 0 aromatic rings. The number of urea groups is 1. The van der Waals surface area contributed by atoms with Crippen molar-refractivity contribution in [3.8, 4) is 0 Å². The van der Waals surface area contributed by atoms with Gasteiger partial charge in [-0.3, -0.25) is 4.90 Å². The van der Waals surface area contributed by atoms with Gasteiger partial charge in [-0.1, -0.05) is 0 Å². The monoisotopic (exact) mass is 134 g/mol. The summed E-state index contributed by atoms with van der Waals surface area (Å²) < 4.78 is 0. The van der Waals surface area contributed by atoms with E-state index in [0.717, 1.165) is 4.90 Å². The normalized spacial score (nSPS) is 8.78. The number of amides is 2. The molecule has 0 atom stereocenters. The SMILES string of the molecule is CNC(=O)N(CO)CO. The van der Waals surface area contributed by atoms with E-state index in [0.29, 0.717) is 0 Å². The van der Waals surface area contributed by atoms with Crippen molar-refractivity contribution >= 4 is 6.03 Å². The van der Waals surface area contributed by atoms with Crippen molar-refractivity contribution in [3.05, 3.63) is 0 Å². The fourth-order valence-corrected chi connectivity index (χ4v) is 0.331. The van der Waals surface area contributed by atoms with E-state index < -0.39 is 19.5 Å². The first-order valence-electron chi connectivity index (χ1n) is 2.44. The summed E-state index contributed by atoms with van der Waals surface area (Å²) in [5, 5.41) is 18.9. The van der Waals surface area contributed by atoms with Gasteiger partial charge in [0.1, 0.15) is 13.5 Å². The second kappa shape index (κ2) is 4.11. The first-order chi connectivity index (χ1) is 4.26. The average molecular weight is 134 g/mol. The predicted molar refractivity (Wildman–Crippen MR) is 30.5 cm³/mol. The van der Waals surface area contributed by atoms with Gasteiger partial charge in [0.15, 0.2) is 0 Å². The summed E-state index contributed by atoms with van der Waals surface area (Å²) in [6, 6.07) is -0.500. The summed E-state index contributed by atoms with van der Waals surface area (Å²) >= 11 is 0. The van der Waals surface area contributed by atoms with Gasteiger partial charge in [0.05, 0.1) is 0 Å². The molecule has 0 heterocycles. The zero-order valence-corrected chi connectivity index (χ0v) is 5.16. The van der Waals surface area contributed by atoms with Crippen molar-refractivity contribution in [1.82, 2.24) is 10.2 Å². The number of carbonyl (C=O) groups excluding carboxylic acids is 1. The van der Waals surface area contributed by atoms with Crippen LogP contribution in [0.5, 0.6) is 0 Å². The summed E-state index contributed by atoms with van der Waals surface area (Å²) in [5.41, 5.74) is 0. The lowest BCUT2D eigenvalue weighted by Gasteiger charge is -2.14. The highest BCUT2D eigenvalue weighted by Crippen LogP contribution is 1.81. The molecule has 0 bridgehead atoms. The maximum absolute atomic E-state index is 10.5. The van der Waals surface area contributed by atoms with Gasteiger partial charge in [0, 0.05) is 7.05 Å².